The molecule has 2 heterocycles. The van der Waals surface area contributed by atoms with Crippen LogP contribution in [0.5, 0.6) is 5.75 Å². The lowest BCUT2D eigenvalue weighted by molar-refractivity contribution is -0.113. The van der Waals surface area contributed by atoms with E-state index in [9.17, 15) is 4.79 Å². The first kappa shape index (κ1) is 23.4. The highest BCUT2D eigenvalue weighted by atomic mass is 32.2. The Hall–Kier alpha value is -4.31. The Morgan fingerprint density at radius 3 is 2.64 bits per heavy atom. The van der Waals surface area contributed by atoms with E-state index in [1.54, 1.807) is 13.2 Å². The quantitative estimate of drug-likeness (QED) is 0.260. The largest absolute Gasteiger partial charge is 0.495 e. The number of methoxy groups -OCH3 is 1. The molecule has 36 heavy (non-hydrogen) atoms. The number of fused-ring (bicyclic) bond motifs is 3. The highest BCUT2D eigenvalue weighted by Crippen LogP contribution is 2.36. The third-order valence-corrected chi connectivity index (χ3v) is 6.46. The molecule has 2 aromatic heterocycles. The number of anilines is 4. The van der Waals surface area contributed by atoms with Gasteiger partial charge in [-0.05, 0) is 30.7 Å². The molecule has 0 aliphatic rings. The predicted octanol–water partition coefficient (Wildman–Crippen LogP) is 5.29. The number of thioether (sulfide) groups is 1. The van der Waals surface area contributed by atoms with Gasteiger partial charge in [-0.15, -0.1) is 11.8 Å². The highest BCUT2D eigenvalue weighted by molar-refractivity contribution is 7.99. The van der Waals surface area contributed by atoms with Gasteiger partial charge in [0.1, 0.15) is 22.7 Å². The molecule has 0 unspecified atom stereocenters. The monoisotopic (exact) mass is 500 g/mol. The first-order valence-corrected chi connectivity index (χ1v) is 12.4. The third-order valence-electron chi connectivity index (χ3n) is 5.53. The number of nitrogens with one attached hydrogen (secondary N) is 2. The maximum atomic E-state index is 12.7. The number of amides is 1. The van der Waals surface area contributed by atoms with Gasteiger partial charge in [-0.3, -0.25) is 4.79 Å². The molecular weight excluding hydrogens is 476 g/mol. The van der Waals surface area contributed by atoms with Crippen LogP contribution in [0, 0.1) is 6.92 Å². The van der Waals surface area contributed by atoms with Crippen LogP contribution in [-0.2, 0) is 10.5 Å². The zero-order chi connectivity index (χ0) is 25.1. The van der Waals surface area contributed by atoms with Gasteiger partial charge in [-0.1, -0.05) is 36.4 Å². The molecule has 0 atom stereocenters. The number of hydrogen-bond donors (Lipinski definition) is 3. The van der Waals surface area contributed by atoms with Crippen molar-refractivity contribution in [2.45, 2.75) is 12.7 Å². The minimum Gasteiger partial charge on any atom is -0.495 e. The van der Waals surface area contributed by atoms with Crippen molar-refractivity contribution in [2.75, 3.05) is 29.2 Å². The van der Waals surface area contributed by atoms with Gasteiger partial charge >= 0.3 is 0 Å². The summed E-state index contributed by atoms with van der Waals surface area (Å²) in [6, 6.07) is 19.2. The van der Waals surface area contributed by atoms with E-state index in [2.05, 4.69) is 25.6 Å². The van der Waals surface area contributed by atoms with Gasteiger partial charge < -0.3 is 25.5 Å². The third kappa shape index (κ3) is 5.03. The first-order valence-electron chi connectivity index (χ1n) is 11.2. The minimum absolute atomic E-state index is 0.116. The Balaban J connectivity index is 1.24. The number of benzene rings is 3. The van der Waals surface area contributed by atoms with Crippen molar-refractivity contribution in [2.24, 2.45) is 0 Å². The molecule has 4 N–H and O–H groups in total. The summed E-state index contributed by atoms with van der Waals surface area (Å²) in [7, 11) is 1.57. The fourth-order valence-electron chi connectivity index (χ4n) is 3.83. The van der Waals surface area contributed by atoms with Gasteiger partial charge in [-0.25, -0.2) is 0 Å². The van der Waals surface area contributed by atoms with Crippen LogP contribution >= 0.6 is 11.8 Å². The molecule has 0 aliphatic heterocycles. The normalized spacial score (nSPS) is 11.1. The van der Waals surface area contributed by atoms with Gasteiger partial charge in [0.05, 0.1) is 24.3 Å². The number of furan rings is 1. The molecule has 1 amide bonds. The van der Waals surface area contributed by atoms with E-state index in [4.69, 9.17) is 14.9 Å². The molecule has 182 valence electrons. The van der Waals surface area contributed by atoms with Crippen molar-refractivity contribution in [3.05, 3.63) is 72.1 Å². The zero-order valence-corrected chi connectivity index (χ0v) is 20.6. The lowest BCUT2D eigenvalue weighted by atomic mass is 10.1. The van der Waals surface area contributed by atoms with Gasteiger partial charge in [0.2, 0.25) is 17.8 Å². The second-order valence-corrected chi connectivity index (χ2v) is 9.05. The minimum atomic E-state index is -0.186. The van der Waals surface area contributed by atoms with Gasteiger partial charge in [0, 0.05) is 22.5 Å². The Labute approximate surface area is 211 Å². The number of aryl methyl sites for hydroxylation is 1. The van der Waals surface area contributed by atoms with Crippen molar-refractivity contribution in [3.63, 3.8) is 0 Å². The number of nitrogen functional groups attached to an aromatic ring is 1. The number of carbonyl (C=O) groups is 1. The van der Waals surface area contributed by atoms with E-state index in [1.807, 2.05) is 61.5 Å². The van der Waals surface area contributed by atoms with E-state index in [0.717, 1.165) is 27.6 Å². The van der Waals surface area contributed by atoms with E-state index < -0.39 is 0 Å². The molecule has 0 radical (unpaired) electrons. The number of nitrogens with zero attached hydrogens (tertiary/aromatic N) is 3. The highest BCUT2D eigenvalue weighted by Gasteiger charge is 2.15. The van der Waals surface area contributed by atoms with Crippen LogP contribution in [0.25, 0.3) is 21.9 Å². The van der Waals surface area contributed by atoms with Crippen LogP contribution in [0.1, 0.15) is 11.4 Å². The molecule has 0 aliphatic carbocycles. The molecule has 0 spiro atoms. The SMILES string of the molecule is COc1cc2c(cc1NC(=O)CSCc1nc(N)nc(Nc3ccccc3C)n1)oc1ccccc12. The predicted molar refractivity (Wildman–Crippen MR) is 144 cm³/mol. The van der Waals surface area contributed by atoms with Crippen LogP contribution in [-0.4, -0.2) is 33.7 Å². The summed E-state index contributed by atoms with van der Waals surface area (Å²) in [4.78, 5) is 25.5. The first-order chi connectivity index (χ1) is 17.5. The number of hydrogen-bond acceptors (Lipinski definition) is 9. The van der Waals surface area contributed by atoms with Crippen LogP contribution < -0.4 is 21.1 Å². The van der Waals surface area contributed by atoms with E-state index in [-0.39, 0.29) is 17.6 Å². The Morgan fingerprint density at radius 1 is 1.00 bits per heavy atom. The van der Waals surface area contributed by atoms with Crippen LogP contribution in [0.2, 0.25) is 0 Å². The lowest BCUT2D eigenvalue weighted by Gasteiger charge is -2.11. The second-order valence-electron chi connectivity index (χ2n) is 8.06. The molecule has 0 fully saturated rings. The zero-order valence-electron chi connectivity index (χ0n) is 19.7. The standard InChI is InChI=1S/C26H24N6O3S/c1-15-7-3-5-9-18(15)29-26-31-23(30-25(27)32-26)13-36-14-24(33)28-19-12-21-17(11-22(19)34-2)16-8-4-6-10-20(16)35-21/h3-12H,13-14H2,1-2H3,(H,28,33)(H3,27,29,30,31,32). The summed E-state index contributed by atoms with van der Waals surface area (Å²) < 4.78 is 11.5. The average Bonchev–Trinajstić information content (AvgIpc) is 3.22. The molecule has 5 rings (SSSR count). The smallest absolute Gasteiger partial charge is 0.234 e. The van der Waals surface area contributed by atoms with Gasteiger partial charge in [0.25, 0.3) is 0 Å². The Bertz CT molecular complexity index is 1570. The topological polar surface area (TPSA) is 128 Å². The molecule has 9 nitrogen and oxygen atoms in total. The van der Waals surface area contributed by atoms with Crippen LogP contribution in [0.15, 0.2) is 65.1 Å². The number of aromatic nitrogens is 3. The van der Waals surface area contributed by atoms with Crippen molar-refractivity contribution < 1.29 is 13.9 Å². The molecule has 10 heteroatoms. The van der Waals surface area contributed by atoms with E-state index in [0.29, 0.717) is 34.5 Å². The van der Waals surface area contributed by atoms with Gasteiger partial charge in [0.15, 0.2) is 0 Å². The number of nitrogens with two attached hydrogens (primary N) is 1. The molecular formula is C26H24N6O3S. The summed E-state index contributed by atoms with van der Waals surface area (Å²) in [5, 5.41) is 8.00. The summed E-state index contributed by atoms with van der Waals surface area (Å²) >= 11 is 1.37. The number of ether oxygens (including phenoxy) is 1. The second kappa shape index (κ2) is 10.1. The fourth-order valence-corrected chi connectivity index (χ4v) is 4.50. The lowest BCUT2D eigenvalue weighted by Crippen LogP contribution is -2.15. The maximum Gasteiger partial charge on any atom is 0.234 e. The summed E-state index contributed by atoms with van der Waals surface area (Å²) in [6.45, 7) is 1.99. The molecule has 3 aromatic carbocycles. The number of para-hydroxylation sites is 2. The van der Waals surface area contributed by atoms with Crippen molar-refractivity contribution >= 4 is 62.9 Å². The molecule has 0 bridgehead atoms. The summed E-state index contributed by atoms with van der Waals surface area (Å²) in [5.74, 6) is 1.91. The fraction of sp³-hybridized carbons (Fsp3) is 0.154. The maximum absolute atomic E-state index is 12.7. The van der Waals surface area contributed by atoms with Gasteiger partial charge in [-0.2, -0.15) is 15.0 Å². The van der Waals surface area contributed by atoms with E-state index >= 15 is 0 Å². The van der Waals surface area contributed by atoms with E-state index in [1.165, 1.54) is 11.8 Å². The summed E-state index contributed by atoms with van der Waals surface area (Å²) in [6.07, 6.45) is 0. The molecule has 0 saturated heterocycles. The molecule has 5 aromatic rings. The van der Waals surface area contributed by atoms with Crippen molar-refractivity contribution in [3.8, 4) is 5.75 Å². The van der Waals surface area contributed by atoms with Crippen molar-refractivity contribution in [1.29, 1.82) is 0 Å². The molecule has 0 saturated carbocycles. The Kier molecular flexibility index (Phi) is 6.59. The summed E-state index contributed by atoms with van der Waals surface area (Å²) in [5.41, 5.74) is 9.82. The average molecular weight is 501 g/mol. The Morgan fingerprint density at radius 2 is 1.81 bits per heavy atom. The van der Waals surface area contributed by atoms with Crippen molar-refractivity contribution in [1.82, 2.24) is 15.0 Å². The number of rotatable bonds is 8. The van der Waals surface area contributed by atoms with Crippen LogP contribution in [0.3, 0.4) is 0 Å². The van der Waals surface area contributed by atoms with Crippen LogP contribution in [0.4, 0.5) is 23.3 Å². The number of carbonyl (C=O) groups excluding carboxylic acids is 1.